The third kappa shape index (κ3) is 2.76. The van der Waals surface area contributed by atoms with E-state index in [1.807, 2.05) is 0 Å². The first kappa shape index (κ1) is 11.6. The number of carbonyl (C=O) groups excluding carboxylic acids is 3. The quantitative estimate of drug-likeness (QED) is 0.471. The summed E-state index contributed by atoms with van der Waals surface area (Å²) in [7, 11) is 0. The van der Waals surface area contributed by atoms with E-state index in [1.165, 1.54) is 4.90 Å². The van der Waals surface area contributed by atoms with E-state index in [-0.39, 0.29) is 12.5 Å². The lowest BCUT2D eigenvalue weighted by atomic mass is 10.2. The molecule has 0 saturated carbocycles. The van der Waals surface area contributed by atoms with E-state index in [4.69, 9.17) is 5.73 Å². The smallest absolute Gasteiger partial charge is 0.336 e. The van der Waals surface area contributed by atoms with Gasteiger partial charge in [-0.15, -0.1) is 0 Å². The summed E-state index contributed by atoms with van der Waals surface area (Å²) >= 11 is 0. The predicted molar refractivity (Wildman–Crippen MR) is 50.6 cm³/mol. The summed E-state index contributed by atoms with van der Waals surface area (Å²) in [5.74, 6) is -1.62. The van der Waals surface area contributed by atoms with Crippen molar-refractivity contribution in [3.05, 3.63) is 0 Å². The number of ether oxygens (including phenoxy) is 1. The molecule has 6 heteroatoms. The van der Waals surface area contributed by atoms with Crippen LogP contribution < -0.4 is 5.73 Å². The largest absolute Gasteiger partial charge is 0.392 e. The third-order valence-corrected chi connectivity index (χ3v) is 2.26. The minimum absolute atomic E-state index is 0.135. The van der Waals surface area contributed by atoms with Gasteiger partial charge in [0.05, 0.1) is 6.54 Å². The molecule has 1 heterocycles. The first-order valence-corrected chi connectivity index (χ1v) is 4.78. The number of esters is 2. The van der Waals surface area contributed by atoms with E-state index in [9.17, 15) is 14.4 Å². The lowest BCUT2D eigenvalue weighted by Crippen LogP contribution is -2.44. The van der Waals surface area contributed by atoms with Crippen molar-refractivity contribution >= 4 is 17.8 Å². The van der Waals surface area contributed by atoms with Gasteiger partial charge in [-0.05, 0) is 12.8 Å². The fourth-order valence-electron chi connectivity index (χ4n) is 1.64. The van der Waals surface area contributed by atoms with Crippen molar-refractivity contribution in [1.29, 1.82) is 0 Å². The van der Waals surface area contributed by atoms with Gasteiger partial charge in [0, 0.05) is 13.5 Å². The van der Waals surface area contributed by atoms with Crippen molar-refractivity contribution in [2.45, 2.75) is 25.8 Å². The topological polar surface area (TPSA) is 89.7 Å². The van der Waals surface area contributed by atoms with Gasteiger partial charge < -0.3 is 15.4 Å². The zero-order valence-electron chi connectivity index (χ0n) is 8.56. The van der Waals surface area contributed by atoms with Crippen LogP contribution in [-0.4, -0.2) is 41.9 Å². The monoisotopic (exact) mass is 214 g/mol. The predicted octanol–water partition coefficient (Wildman–Crippen LogP) is -0.974. The minimum Gasteiger partial charge on any atom is -0.392 e. The summed E-state index contributed by atoms with van der Waals surface area (Å²) in [6.07, 6.45) is 1.25. The molecule has 0 bridgehead atoms. The fourth-order valence-corrected chi connectivity index (χ4v) is 1.64. The summed E-state index contributed by atoms with van der Waals surface area (Å²) in [6, 6.07) is -0.648. The Morgan fingerprint density at radius 1 is 1.47 bits per heavy atom. The molecule has 84 valence electrons. The van der Waals surface area contributed by atoms with Crippen LogP contribution in [0.1, 0.15) is 19.8 Å². The fraction of sp³-hybridized carbons (Fsp3) is 0.667. The highest BCUT2D eigenvalue weighted by molar-refractivity contribution is 5.91. The highest BCUT2D eigenvalue weighted by Gasteiger charge is 2.35. The molecule has 0 spiro atoms. The van der Waals surface area contributed by atoms with Crippen molar-refractivity contribution in [2.75, 3.05) is 13.1 Å². The van der Waals surface area contributed by atoms with Crippen LogP contribution >= 0.6 is 0 Å². The van der Waals surface area contributed by atoms with Gasteiger partial charge in [0.2, 0.25) is 5.91 Å². The van der Waals surface area contributed by atoms with E-state index in [2.05, 4.69) is 4.74 Å². The van der Waals surface area contributed by atoms with Gasteiger partial charge >= 0.3 is 11.9 Å². The second kappa shape index (κ2) is 4.88. The van der Waals surface area contributed by atoms with Crippen LogP contribution in [0.4, 0.5) is 0 Å². The molecule has 6 nitrogen and oxygen atoms in total. The maximum atomic E-state index is 11.4. The lowest BCUT2D eigenvalue weighted by molar-refractivity contribution is -0.163. The van der Waals surface area contributed by atoms with Gasteiger partial charge in [0.1, 0.15) is 6.04 Å². The van der Waals surface area contributed by atoms with Crippen LogP contribution in [0.25, 0.3) is 0 Å². The molecule has 1 rings (SSSR count). The average Bonchev–Trinajstić information content (AvgIpc) is 2.63. The number of hydrogen-bond donors (Lipinski definition) is 1. The Kier molecular flexibility index (Phi) is 3.79. The van der Waals surface area contributed by atoms with E-state index in [0.717, 1.165) is 13.3 Å². The number of nitrogens with zero attached hydrogens (tertiary/aromatic N) is 1. The number of rotatable bonds is 2. The van der Waals surface area contributed by atoms with Crippen LogP contribution in [-0.2, 0) is 19.1 Å². The SMILES string of the molecule is CC(=O)OC(=O)[C@@H]1CCCN1C(=O)CN. The molecule has 0 aromatic carbocycles. The summed E-state index contributed by atoms with van der Waals surface area (Å²) < 4.78 is 4.45. The molecule has 1 aliphatic rings. The summed E-state index contributed by atoms with van der Waals surface area (Å²) in [4.78, 5) is 34.7. The van der Waals surface area contributed by atoms with Crippen molar-refractivity contribution in [3.8, 4) is 0 Å². The first-order valence-electron chi connectivity index (χ1n) is 4.78. The molecule has 1 aliphatic heterocycles. The van der Waals surface area contributed by atoms with Crippen molar-refractivity contribution in [1.82, 2.24) is 4.90 Å². The second-order valence-electron chi connectivity index (χ2n) is 3.36. The molecule has 0 radical (unpaired) electrons. The molecule has 2 N–H and O–H groups in total. The zero-order chi connectivity index (χ0) is 11.4. The molecule has 1 amide bonds. The number of amides is 1. The highest BCUT2D eigenvalue weighted by Crippen LogP contribution is 2.18. The molecular weight excluding hydrogens is 200 g/mol. The van der Waals surface area contributed by atoms with Crippen LogP contribution in [0.15, 0.2) is 0 Å². The molecule has 0 aliphatic carbocycles. The number of hydrogen-bond acceptors (Lipinski definition) is 5. The van der Waals surface area contributed by atoms with Crippen LogP contribution in [0.2, 0.25) is 0 Å². The summed E-state index contributed by atoms with van der Waals surface area (Å²) in [5.41, 5.74) is 5.21. The second-order valence-corrected chi connectivity index (χ2v) is 3.36. The van der Waals surface area contributed by atoms with Gasteiger partial charge in [-0.3, -0.25) is 9.59 Å². The number of likely N-dealkylation sites (tertiary alicyclic amines) is 1. The maximum absolute atomic E-state index is 11.4. The van der Waals surface area contributed by atoms with Crippen molar-refractivity contribution in [2.24, 2.45) is 5.73 Å². The van der Waals surface area contributed by atoms with Crippen LogP contribution in [0.5, 0.6) is 0 Å². The van der Waals surface area contributed by atoms with Crippen LogP contribution in [0.3, 0.4) is 0 Å². The molecular formula is C9H14N2O4. The zero-order valence-corrected chi connectivity index (χ0v) is 8.56. The van der Waals surface area contributed by atoms with E-state index < -0.39 is 18.0 Å². The molecule has 15 heavy (non-hydrogen) atoms. The summed E-state index contributed by atoms with van der Waals surface area (Å²) in [5, 5.41) is 0. The maximum Gasteiger partial charge on any atom is 0.336 e. The Morgan fingerprint density at radius 2 is 2.13 bits per heavy atom. The minimum atomic E-state index is -0.665. The molecule has 1 atom stereocenters. The Bertz CT molecular complexity index is 290. The first-order chi connectivity index (χ1) is 7.06. The van der Waals surface area contributed by atoms with E-state index >= 15 is 0 Å². The number of nitrogens with two attached hydrogens (primary N) is 1. The van der Waals surface area contributed by atoms with Gasteiger partial charge in [0.15, 0.2) is 0 Å². The van der Waals surface area contributed by atoms with Crippen molar-refractivity contribution < 1.29 is 19.1 Å². The van der Waals surface area contributed by atoms with Crippen molar-refractivity contribution in [3.63, 3.8) is 0 Å². The third-order valence-electron chi connectivity index (χ3n) is 2.26. The van der Waals surface area contributed by atoms with Gasteiger partial charge in [-0.2, -0.15) is 0 Å². The molecule has 1 fully saturated rings. The van der Waals surface area contributed by atoms with Gasteiger partial charge in [-0.1, -0.05) is 0 Å². The lowest BCUT2D eigenvalue weighted by Gasteiger charge is -2.21. The van der Waals surface area contributed by atoms with E-state index in [0.29, 0.717) is 13.0 Å². The normalized spacial score (nSPS) is 20.1. The Morgan fingerprint density at radius 3 is 2.67 bits per heavy atom. The van der Waals surface area contributed by atoms with Gasteiger partial charge in [0.25, 0.3) is 0 Å². The summed E-state index contributed by atoms with van der Waals surface area (Å²) in [6.45, 7) is 1.51. The Hall–Kier alpha value is -1.43. The molecule has 1 saturated heterocycles. The van der Waals surface area contributed by atoms with Crippen LogP contribution in [0, 0.1) is 0 Å². The standard InChI is InChI=1S/C9H14N2O4/c1-6(12)15-9(14)7-3-2-4-11(7)8(13)5-10/h7H,2-5,10H2,1H3/t7-/m0/s1. The van der Waals surface area contributed by atoms with Gasteiger partial charge in [-0.25, -0.2) is 4.79 Å². The molecule has 0 aromatic rings. The average molecular weight is 214 g/mol. The molecule has 0 unspecified atom stereocenters. The Labute approximate surface area is 87.4 Å². The highest BCUT2D eigenvalue weighted by atomic mass is 16.6. The number of carbonyl (C=O) groups is 3. The Balaban J connectivity index is 2.63. The van der Waals surface area contributed by atoms with E-state index in [1.54, 1.807) is 0 Å². The molecule has 0 aromatic heterocycles.